The van der Waals surface area contributed by atoms with Crippen LogP contribution in [0.3, 0.4) is 0 Å². The summed E-state index contributed by atoms with van der Waals surface area (Å²) in [5, 5.41) is 0.765. The topological polar surface area (TPSA) is 65.1 Å². The second kappa shape index (κ2) is 5.97. The number of aromatic nitrogens is 1. The van der Waals surface area contributed by atoms with E-state index in [2.05, 4.69) is 6.92 Å². The van der Waals surface area contributed by atoms with Gasteiger partial charge in [0, 0.05) is 11.6 Å². The van der Waals surface area contributed by atoms with E-state index in [9.17, 15) is 8.42 Å². The van der Waals surface area contributed by atoms with Gasteiger partial charge in [0.15, 0.2) is 9.84 Å². The number of para-hydroxylation sites is 1. The summed E-state index contributed by atoms with van der Waals surface area (Å²) < 4.78 is 26.8. The lowest BCUT2D eigenvalue weighted by Crippen LogP contribution is -2.13. The molecule has 0 saturated heterocycles. The molecule has 2 aromatic rings. The molecule has 0 aliphatic carbocycles. The molecule has 5 heteroatoms. The minimum atomic E-state index is -3.25. The minimum absolute atomic E-state index is 0.202. The largest absolute Gasteiger partial charge is 0.331 e. The Balaban J connectivity index is 2.49. The summed E-state index contributed by atoms with van der Waals surface area (Å²) in [5.74, 6) is 0.202. The van der Waals surface area contributed by atoms with Crippen molar-refractivity contribution in [2.45, 2.75) is 44.2 Å². The van der Waals surface area contributed by atoms with Gasteiger partial charge in [-0.25, -0.2) is 8.42 Å². The molecule has 110 valence electrons. The molecule has 0 spiro atoms. The number of nitrogens with two attached hydrogens (primary N) is 1. The smallest absolute Gasteiger partial charge is 0.180 e. The van der Waals surface area contributed by atoms with E-state index in [1.54, 1.807) is 6.20 Å². The fraction of sp³-hybridized carbons (Fsp3) is 0.467. The highest BCUT2D eigenvalue weighted by Gasteiger charge is 2.21. The zero-order valence-corrected chi connectivity index (χ0v) is 12.9. The van der Waals surface area contributed by atoms with Gasteiger partial charge in [-0.1, -0.05) is 38.0 Å². The van der Waals surface area contributed by atoms with E-state index in [0.717, 1.165) is 23.7 Å². The Morgan fingerprint density at radius 1 is 1.25 bits per heavy atom. The molecule has 0 saturated carbocycles. The molecule has 0 radical (unpaired) electrons. The van der Waals surface area contributed by atoms with Crippen molar-refractivity contribution >= 4 is 20.7 Å². The summed E-state index contributed by atoms with van der Waals surface area (Å²) in [4.78, 5) is 0.404. The summed E-state index contributed by atoms with van der Waals surface area (Å²) in [6.45, 7) is 3.91. The third-order valence-electron chi connectivity index (χ3n) is 3.49. The molecule has 0 aliphatic rings. The molecule has 1 aromatic carbocycles. The van der Waals surface area contributed by atoms with Crippen molar-refractivity contribution in [3.63, 3.8) is 0 Å². The molecule has 4 nitrogen and oxygen atoms in total. The van der Waals surface area contributed by atoms with Crippen LogP contribution in [-0.4, -0.2) is 18.7 Å². The highest BCUT2D eigenvalue weighted by molar-refractivity contribution is 7.91. The summed E-state index contributed by atoms with van der Waals surface area (Å²) in [5.41, 5.74) is 6.80. The van der Waals surface area contributed by atoms with Gasteiger partial charge in [0.25, 0.3) is 0 Å². The number of unbranched alkanes of at least 4 members (excludes halogenated alkanes) is 2. The van der Waals surface area contributed by atoms with Crippen LogP contribution in [0.1, 0.15) is 39.3 Å². The lowest BCUT2D eigenvalue weighted by Gasteiger charge is -2.08. The third kappa shape index (κ3) is 2.88. The summed E-state index contributed by atoms with van der Waals surface area (Å²) in [6.07, 6.45) is 4.08. The zero-order chi connectivity index (χ0) is 14.8. The van der Waals surface area contributed by atoms with Gasteiger partial charge >= 0.3 is 0 Å². The van der Waals surface area contributed by atoms with Crippen LogP contribution in [0.15, 0.2) is 35.4 Å². The average Bonchev–Trinajstić information content (AvgIpc) is 2.79. The maximum absolute atomic E-state index is 12.5. The Labute approximate surface area is 120 Å². The van der Waals surface area contributed by atoms with E-state index in [0.29, 0.717) is 11.3 Å². The number of rotatable bonds is 6. The first-order chi connectivity index (χ1) is 9.47. The van der Waals surface area contributed by atoms with Crippen LogP contribution < -0.4 is 5.73 Å². The predicted octanol–water partition coefficient (Wildman–Crippen LogP) is 3.08. The van der Waals surface area contributed by atoms with Crippen molar-refractivity contribution in [1.82, 2.24) is 4.57 Å². The van der Waals surface area contributed by atoms with E-state index in [4.69, 9.17) is 5.73 Å². The SMILES string of the molecule is CCCCCS(=O)(=O)c1cn(C(C)N)c2ccccc12. The van der Waals surface area contributed by atoms with Crippen molar-refractivity contribution < 1.29 is 8.42 Å². The van der Waals surface area contributed by atoms with Crippen molar-refractivity contribution in [2.24, 2.45) is 5.73 Å². The highest BCUT2D eigenvalue weighted by atomic mass is 32.2. The monoisotopic (exact) mass is 294 g/mol. The van der Waals surface area contributed by atoms with Gasteiger partial charge < -0.3 is 10.3 Å². The van der Waals surface area contributed by atoms with Gasteiger partial charge in [-0.15, -0.1) is 0 Å². The maximum Gasteiger partial charge on any atom is 0.180 e. The number of fused-ring (bicyclic) bond motifs is 1. The second-order valence-electron chi connectivity index (χ2n) is 5.18. The molecule has 20 heavy (non-hydrogen) atoms. The Morgan fingerprint density at radius 3 is 2.60 bits per heavy atom. The van der Waals surface area contributed by atoms with Crippen molar-refractivity contribution in [3.8, 4) is 0 Å². The van der Waals surface area contributed by atoms with Crippen LogP contribution >= 0.6 is 0 Å². The molecule has 1 heterocycles. The molecule has 1 atom stereocenters. The van der Waals surface area contributed by atoms with E-state index >= 15 is 0 Å². The summed E-state index contributed by atoms with van der Waals surface area (Å²) in [6, 6.07) is 7.51. The van der Waals surface area contributed by atoms with Gasteiger partial charge in [-0.05, 0) is 19.4 Å². The van der Waals surface area contributed by atoms with Crippen LogP contribution in [0.4, 0.5) is 0 Å². The van der Waals surface area contributed by atoms with Crippen molar-refractivity contribution in [1.29, 1.82) is 0 Å². The van der Waals surface area contributed by atoms with E-state index < -0.39 is 9.84 Å². The predicted molar refractivity (Wildman–Crippen MR) is 82.4 cm³/mol. The first-order valence-electron chi connectivity index (χ1n) is 7.05. The molecule has 1 aromatic heterocycles. The number of hydrogen-bond donors (Lipinski definition) is 1. The molecular weight excluding hydrogens is 272 g/mol. The van der Waals surface area contributed by atoms with Gasteiger partial charge in [0.1, 0.15) is 0 Å². The Hall–Kier alpha value is -1.33. The first-order valence-corrected chi connectivity index (χ1v) is 8.70. The summed E-state index contributed by atoms with van der Waals surface area (Å²) in [7, 11) is -3.25. The molecule has 1 unspecified atom stereocenters. The van der Waals surface area contributed by atoms with Crippen LogP contribution in [0.25, 0.3) is 10.9 Å². The Kier molecular flexibility index (Phi) is 4.50. The Morgan fingerprint density at radius 2 is 1.95 bits per heavy atom. The fourth-order valence-corrected chi connectivity index (χ4v) is 4.00. The molecular formula is C15H22N2O2S. The lowest BCUT2D eigenvalue weighted by atomic mass is 10.2. The fourth-order valence-electron chi connectivity index (χ4n) is 2.41. The molecule has 0 aliphatic heterocycles. The van der Waals surface area contributed by atoms with Crippen molar-refractivity contribution in [2.75, 3.05) is 5.75 Å². The van der Waals surface area contributed by atoms with E-state index in [-0.39, 0.29) is 11.9 Å². The Bertz CT molecular complexity index is 687. The number of benzene rings is 1. The zero-order valence-electron chi connectivity index (χ0n) is 12.0. The van der Waals surface area contributed by atoms with Crippen LogP contribution in [0, 0.1) is 0 Å². The van der Waals surface area contributed by atoms with Gasteiger partial charge in [0.05, 0.1) is 22.3 Å². The van der Waals surface area contributed by atoms with Crippen LogP contribution in [0.5, 0.6) is 0 Å². The van der Waals surface area contributed by atoms with E-state index in [1.165, 1.54) is 0 Å². The second-order valence-corrected chi connectivity index (χ2v) is 7.26. The first kappa shape index (κ1) is 15.1. The van der Waals surface area contributed by atoms with Crippen LogP contribution in [-0.2, 0) is 9.84 Å². The quantitative estimate of drug-likeness (QED) is 0.833. The van der Waals surface area contributed by atoms with Gasteiger partial charge in [-0.2, -0.15) is 0 Å². The molecule has 2 rings (SSSR count). The standard InChI is InChI=1S/C15H22N2O2S/c1-3-4-7-10-20(18,19)15-11-17(12(2)16)14-9-6-5-8-13(14)15/h5-6,8-9,11-12H,3-4,7,10,16H2,1-2H3. The number of hydrogen-bond acceptors (Lipinski definition) is 3. The molecule has 0 bridgehead atoms. The average molecular weight is 294 g/mol. The molecule has 0 fully saturated rings. The van der Waals surface area contributed by atoms with Crippen LogP contribution in [0.2, 0.25) is 0 Å². The van der Waals surface area contributed by atoms with E-state index in [1.807, 2.05) is 35.8 Å². The molecule has 2 N–H and O–H groups in total. The third-order valence-corrected chi connectivity index (χ3v) is 5.32. The maximum atomic E-state index is 12.5. The van der Waals surface area contributed by atoms with Gasteiger partial charge in [0.2, 0.25) is 0 Å². The number of nitrogens with zero attached hydrogens (tertiary/aromatic N) is 1. The summed E-state index contributed by atoms with van der Waals surface area (Å²) >= 11 is 0. The normalized spacial score (nSPS) is 13.8. The highest BCUT2D eigenvalue weighted by Crippen LogP contribution is 2.28. The minimum Gasteiger partial charge on any atom is -0.331 e. The van der Waals surface area contributed by atoms with Gasteiger partial charge in [-0.3, -0.25) is 0 Å². The number of sulfone groups is 1. The molecule has 0 amide bonds. The van der Waals surface area contributed by atoms with Crippen molar-refractivity contribution in [3.05, 3.63) is 30.5 Å². The lowest BCUT2D eigenvalue weighted by molar-refractivity contribution is 0.580.